The number of unbranched alkanes of at least 4 members (excludes halogenated alkanes) is 1. The first-order valence-corrected chi connectivity index (χ1v) is 7.03. The molecular weight excluding hydrogens is 218 g/mol. The molecule has 0 saturated carbocycles. The van der Waals surface area contributed by atoms with Crippen LogP contribution in [0.3, 0.4) is 0 Å². The maximum Gasteiger partial charge on any atom is 0.0233 e. The third kappa shape index (κ3) is 4.15. The number of hydrogen-bond acceptors (Lipinski definition) is 1. The Morgan fingerprint density at radius 2 is 2.06 bits per heavy atom. The second kappa shape index (κ2) is 7.17. The Morgan fingerprint density at radius 3 is 2.83 bits per heavy atom. The Hall–Kier alpha value is -1.34. The monoisotopic (exact) mass is 241 g/mol. The van der Waals surface area contributed by atoms with Gasteiger partial charge in [0.05, 0.1) is 0 Å². The van der Waals surface area contributed by atoms with Crippen LogP contribution < -0.4 is 0 Å². The average molecular weight is 241 g/mol. The van der Waals surface area contributed by atoms with Crippen LogP contribution in [-0.2, 0) is 0 Å². The highest BCUT2D eigenvalue weighted by molar-refractivity contribution is 5.56. The van der Waals surface area contributed by atoms with E-state index in [2.05, 4.69) is 60.4 Å². The Bertz CT molecular complexity index is 403. The van der Waals surface area contributed by atoms with Crippen molar-refractivity contribution in [3.63, 3.8) is 0 Å². The fourth-order valence-electron chi connectivity index (χ4n) is 2.31. The van der Waals surface area contributed by atoms with Crippen LogP contribution in [0.25, 0.3) is 6.08 Å². The van der Waals surface area contributed by atoms with Crippen LogP contribution in [0.5, 0.6) is 0 Å². The fourth-order valence-corrected chi connectivity index (χ4v) is 2.31. The summed E-state index contributed by atoms with van der Waals surface area (Å²) in [6.45, 7) is 5.77. The molecule has 1 nitrogen and oxygen atoms in total. The van der Waals surface area contributed by atoms with Gasteiger partial charge in [-0.05, 0) is 30.5 Å². The quantitative estimate of drug-likeness (QED) is 0.766. The molecule has 2 rings (SSSR count). The summed E-state index contributed by atoms with van der Waals surface area (Å²) in [5, 5.41) is 0. The van der Waals surface area contributed by atoms with Gasteiger partial charge in [-0.15, -0.1) is 0 Å². The minimum absolute atomic E-state index is 1.09. The molecule has 0 saturated heterocycles. The van der Waals surface area contributed by atoms with Crippen LogP contribution in [-0.4, -0.2) is 24.5 Å². The molecule has 0 N–H and O–H groups in total. The van der Waals surface area contributed by atoms with E-state index in [9.17, 15) is 0 Å². The van der Waals surface area contributed by atoms with Gasteiger partial charge in [0.15, 0.2) is 0 Å². The van der Waals surface area contributed by atoms with Gasteiger partial charge >= 0.3 is 0 Å². The van der Waals surface area contributed by atoms with Crippen molar-refractivity contribution in [2.45, 2.75) is 26.2 Å². The van der Waals surface area contributed by atoms with Crippen molar-refractivity contribution in [3.05, 3.63) is 53.6 Å². The van der Waals surface area contributed by atoms with Crippen LogP contribution in [0.1, 0.15) is 31.7 Å². The van der Waals surface area contributed by atoms with Crippen molar-refractivity contribution in [1.29, 1.82) is 0 Å². The van der Waals surface area contributed by atoms with E-state index in [1.165, 1.54) is 43.5 Å². The van der Waals surface area contributed by atoms with Crippen LogP contribution in [0.2, 0.25) is 0 Å². The summed E-state index contributed by atoms with van der Waals surface area (Å²) in [5.74, 6) is 0. The highest BCUT2D eigenvalue weighted by Gasteiger charge is 2.08. The Kier molecular flexibility index (Phi) is 5.22. The summed E-state index contributed by atoms with van der Waals surface area (Å²) in [5.41, 5.74) is 2.73. The fraction of sp³-hybridized carbons (Fsp3) is 0.412. The molecule has 1 heteroatoms. The zero-order valence-corrected chi connectivity index (χ0v) is 11.3. The second-order valence-electron chi connectivity index (χ2n) is 4.95. The molecule has 0 atom stereocenters. The highest BCUT2D eigenvalue weighted by atomic mass is 15.1. The Labute approximate surface area is 111 Å². The zero-order chi connectivity index (χ0) is 12.6. The van der Waals surface area contributed by atoms with Gasteiger partial charge in [-0.1, -0.05) is 61.9 Å². The molecule has 0 amide bonds. The molecule has 0 radical (unpaired) electrons. The first-order chi connectivity index (χ1) is 8.88. The van der Waals surface area contributed by atoms with E-state index in [1.54, 1.807) is 0 Å². The lowest BCUT2D eigenvalue weighted by atomic mass is 10.1. The van der Waals surface area contributed by atoms with E-state index in [1.807, 2.05) is 0 Å². The zero-order valence-electron chi connectivity index (χ0n) is 11.3. The van der Waals surface area contributed by atoms with Crippen molar-refractivity contribution in [3.8, 4) is 0 Å². The summed E-state index contributed by atoms with van der Waals surface area (Å²) in [4.78, 5) is 2.57. The van der Waals surface area contributed by atoms with Crippen LogP contribution in [0, 0.1) is 0 Å². The smallest absolute Gasteiger partial charge is 0.0233 e. The lowest BCUT2D eigenvalue weighted by Gasteiger charge is -2.20. The van der Waals surface area contributed by atoms with Gasteiger partial charge < -0.3 is 0 Å². The van der Waals surface area contributed by atoms with Crippen LogP contribution in [0.15, 0.2) is 48.1 Å². The highest BCUT2D eigenvalue weighted by Crippen LogP contribution is 2.13. The van der Waals surface area contributed by atoms with Gasteiger partial charge in [0, 0.05) is 13.1 Å². The molecule has 18 heavy (non-hydrogen) atoms. The summed E-state index contributed by atoms with van der Waals surface area (Å²) in [6, 6.07) is 10.6. The van der Waals surface area contributed by atoms with E-state index >= 15 is 0 Å². The Morgan fingerprint density at radius 1 is 1.22 bits per heavy atom. The molecule has 0 unspecified atom stereocenters. The normalized spacial score (nSPS) is 19.1. The van der Waals surface area contributed by atoms with Crippen molar-refractivity contribution >= 4 is 6.08 Å². The van der Waals surface area contributed by atoms with Gasteiger partial charge in [-0.3, -0.25) is 4.90 Å². The van der Waals surface area contributed by atoms with Crippen LogP contribution >= 0.6 is 0 Å². The van der Waals surface area contributed by atoms with E-state index in [4.69, 9.17) is 0 Å². The van der Waals surface area contributed by atoms with Crippen LogP contribution in [0.4, 0.5) is 0 Å². The molecule has 1 heterocycles. The summed E-state index contributed by atoms with van der Waals surface area (Å²) >= 11 is 0. The second-order valence-corrected chi connectivity index (χ2v) is 4.95. The third-order valence-electron chi connectivity index (χ3n) is 3.33. The molecule has 0 aromatic heterocycles. The molecule has 0 aliphatic carbocycles. The maximum absolute atomic E-state index is 2.57. The molecular formula is C17H23N. The summed E-state index contributed by atoms with van der Waals surface area (Å²) in [7, 11) is 0. The van der Waals surface area contributed by atoms with Gasteiger partial charge in [0.25, 0.3) is 0 Å². The summed E-state index contributed by atoms with van der Waals surface area (Å²) < 4.78 is 0. The van der Waals surface area contributed by atoms with E-state index in [0.29, 0.717) is 0 Å². The number of rotatable bonds is 4. The predicted octanol–water partition coefficient (Wildman–Crippen LogP) is 4.13. The molecule has 0 fully saturated rings. The SMILES string of the molecule is CCCCN1CCC=C/C(=C\c2ccccc2)C1. The predicted molar refractivity (Wildman–Crippen MR) is 79.5 cm³/mol. The van der Waals surface area contributed by atoms with Gasteiger partial charge in [-0.25, -0.2) is 0 Å². The van der Waals surface area contributed by atoms with E-state index in [0.717, 1.165) is 6.54 Å². The minimum atomic E-state index is 1.09. The molecule has 1 aliphatic rings. The maximum atomic E-state index is 2.57. The van der Waals surface area contributed by atoms with Crippen molar-refractivity contribution in [2.75, 3.05) is 19.6 Å². The van der Waals surface area contributed by atoms with Gasteiger partial charge in [0.1, 0.15) is 0 Å². The molecule has 0 bridgehead atoms. The topological polar surface area (TPSA) is 3.24 Å². The van der Waals surface area contributed by atoms with Crippen molar-refractivity contribution < 1.29 is 0 Å². The number of nitrogens with zero attached hydrogens (tertiary/aromatic N) is 1. The average Bonchev–Trinajstić information content (AvgIpc) is 2.63. The molecule has 1 aromatic rings. The molecule has 0 spiro atoms. The standard InChI is InChI=1S/C17H23N/c1-2-3-12-18-13-8-7-11-17(15-18)14-16-9-5-4-6-10-16/h4-7,9-11,14H,2-3,8,12-13,15H2,1H3/b17-14+. The van der Waals surface area contributed by atoms with Crippen molar-refractivity contribution in [1.82, 2.24) is 4.90 Å². The number of benzene rings is 1. The Balaban J connectivity index is 2.04. The molecule has 96 valence electrons. The van der Waals surface area contributed by atoms with E-state index in [-0.39, 0.29) is 0 Å². The van der Waals surface area contributed by atoms with Gasteiger partial charge in [0.2, 0.25) is 0 Å². The molecule has 1 aromatic carbocycles. The largest absolute Gasteiger partial charge is 0.299 e. The lowest BCUT2D eigenvalue weighted by molar-refractivity contribution is 0.302. The summed E-state index contributed by atoms with van der Waals surface area (Å²) in [6.07, 6.45) is 10.7. The first kappa shape index (κ1) is 13.1. The molecule has 1 aliphatic heterocycles. The lowest BCUT2D eigenvalue weighted by Crippen LogP contribution is -2.26. The van der Waals surface area contributed by atoms with E-state index < -0.39 is 0 Å². The number of hydrogen-bond donors (Lipinski definition) is 0. The first-order valence-electron chi connectivity index (χ1n) is 7.03. The third-order valence-corrected chi connectivity index (χ3v) is 3.33. The van der Waals surface area contributed by atoms with Gasteiger partial charge in [-0.2, -0.15) is 0 Å². The van der Waals surface area contributed by atoms with Crippen molar-refractivity contribution in [2.24, 2.45) is 0 Å². The minimum Gasteiger partial charge on any atom is -0.299 e.